The highest BCUT2D eigenvalue weighted by atomic mass is 35.5. The summed E-state index contributed by atoms with van der Waals surface area (Å²) in [6.07, 6.45) is 2.00. The Hall–Kier alpha value is -2.90. The molecule has 1 atom stereocenters. The van der Waals surface area contributed by atoms with Gasteiger partial charge in [-0.3, -0.25) is 10.1 Å². The first-order valence-corrected chi connectivity index (χ1v) is 10.0. The highest BCUT2D eigenvalue weighted by molar-refractivity contribution is 6.30. The van der Waals surface area contributed by atoms with Crippen LogP contribution in [0.4, 0.5) is 5.69 Å². The molecule has 7 nitrogen and oxygen atoms in total. The van der Waals surface area contributed by atoms with Gasteiger partial charge in [0.15, 0.2) is 0 Å². The number of nitrogens with one attached hydrogen (secondary N) is 2. The van der Waals surface area contributed by atoms with Crippen LogP contribution in [0.2, 0.25) is 5.02 Å². The van der Waals surface area contributed by atoms with E-state index in [4.69, 9.17) is 16.3 Å². The molecule has 0 spiro atoms. The summed E-state index contributed by atoms with van der Waals surface area (Å²) in [5.41, 5.74) is 2.47. The number of ether oxygens (including phenoxy) is 2. The number of amides is 1. The molecule has 30 heavy (non-hydrogen) atoms. The van der Waals surface area contributed by atoms with Crippen molar-refractivity contribution in [1.29, 1.82) is 0 Å². The lowest BCUT2D eigenvalue weighted by molar-refractivity contribution is 0.0600. The molecule has 2 aromatic rings. The van der Waals surface area contributed by atoms with Gasteiger partial charge in [-0.2, -0.15) is 0 Å². The fraction of sp³-hybridized carbons (Fsp3) is 0.318. The predicted molar refractivity (Wildman–Crippen MR) is 116 cm³/mol. The molecule has 1 aliphatic rings. The van der Waals surface area contributed by atoms with E-state index in [1.165, 1.54) is 7.11 Å². The van der Waals surface area contributed by atoms with Crippen LogP contribution in [0, 0.1) is 6.92 Å². The van der Waals surface area contributed by atoms with Gasteiger partial charge >= 0.3 is 5.97 Å². The molecule has 8 heteroatoms. The number of carbonyl (C=O) groups is 2. The Bertz CT molecular complexity index is 938. The normalized spacial score (nSPS) is 16.2. The molecule has 158 valence electrons. The number of guanidine groups is 1. The van der Waals surface area contributed by atoms with E-state index in [-0.39, 0.29) is 12.0 Å². The number of esters is 1. The maximum atomic E-state index is 12.7. The number of methoxy groups -OCH3 is 1. The largest absolute Gasteiger partial charge is 0.465 e. The number of nitrogens with zero attached hydrogens (tertiary/aromatic N) is 1. The third-order valence-electron chi connectivity index (χ3n) is 4.72. The van der Waals surface area contributed by atoms with Crippen molar-refractivity contribution in [3.63, 3.8) is 0 Å². The lowest BCUT2D eigenvalue weighted by atomic mass is 10.1. The number of benzene rings is 2. The van der Waals surface area contributed by atoms with Crippen molar-refractivity contribution in [2.75, 3.05) is 25.6 Å². The van der Waals surface area contributed by atoms with Gasteiger partial charge in [-0.25, -0.2) is 9.79 Å². The minimum atomic E-state index is -0.458. The standard InChI is InChI=1S/C22H24ClN3O4/c1-14-12-17(23)9-10-19(14)25-22(24-13-18-4-3-11-30-18)26-20(27)15-5-7-16(8-6-15)21(28)29-2/h5-10,12,18H,3-4,11,13H2,1-2H3,(H2,24,25,26,27)/t18-/m0/s1. The van der Waals surface area contributed by atoms with Gasteiger partial charge in [0.05, 0.1) is 25.3 Å². The van der Waals surface area contributed by atoms with Crippen molar-refractivity contribution < 1.29 is 19.1 Å². The van der Waals surface area contributed by atoms with Gasteiger partial charge in [0.25, 0.3) is 5.91 Å². The second-order valence-electron chi connectivity index (χ2n) is 6.93. The summed E-state index contributed by atoms with van der Waals surface area (Å²) in [5, 5.41) is 6.60. The number of aryl methyl sites for hydroxylation is 1. The summed E-state index contributed by atoms with van der Waals surface area (Å²) in [6.45, 7) is 3.09. The van der Waals surface area contributed by atoms with E-state index in [1.807, 2.05) is 19.1 Å². The van der Waals surface area contributed by atoms with E-state index in [9.17, 15) is 9.59 Å². The third kappa shape index (κ3) is 5.81. The molecule has 1 heterocycles. The molecule has 1 aliphatic heterocycles. The lowest BCUT2D eigenvalue weighted by Crippen LogP contribution is -2.37. The first-order chi connectivity index (χ1) is 14.5. The molecule has 2 aromatic carbocycles. The molecule has 0 aliphatic carbocycles. The number of anilines is 1. The number of hydrogen-bond acceptors (Lipinski definition) is 5. The van der Waals surface area contributed by atoms with Crippen LogP contribution >= 0.6 is 11.6 Å². The molecule has 0 unspecified atom stereocenters. The van der Waals surface area contributed by atoms with Gasteiger partial charge in [-0.05, 0) is 67.8 Å². The van der Waals surface area contributed by atoms with Crippen molar-refractivity contribution in [1.82, 2.24) is 5.32 Å². The van der Waals surface area contributed by atoms with Gasteiger partial charge in [-0.15, -0.1) is 0 Å². The second kappa shape index (κ2) is 10.2. The lowest BCUT2D eigenvalue weighted by Gasteiger charge is -2.15. The first-order valence-electron chi connectivity index (χ1n) is 9.65. The van der Waals surface area contributed by atoms with E-state index in [0.29, 0.717) is 28.7 Å². The second-order valence-corrected chi connectivity index (χ2v) is 7.37. The molecule has 0 saturated carbocycles. The summed E-state index contributed by atoms with van der Waals surface area (Å²) in [4.78, 5) is 28.8. The van der Waals surface area contributed by atoms with Gasteiger partial charge in [-0.1, -0.05) is 11.6 Å². The predicted octanol–water partition coefficient (Wildman–Crippen LogP) is 3.81. The minimum absolute atomic E-state index is 0.0457. The number of aliphatic imine (C=N–C) groups is 1. The monoisotopic (exact) mass is 429 g/mol. The zero-order valence-electron chi connectivity index (χ0n) is 16.9. The quantitative estimate of drug-likeness (QED) is 0.428. The Labute approximate surface area is 180 Å². The van der Waals surface area contributed by atoms with Crippen LogP contribution in [0.15, 0.2) is 47.5 Å². The zero-order chi connectivity index (χ0) is 21.5. The molecule has 3 rings (SSSR count). The van der Waals surface area contributed by atoms with Crippen molar-refractivity contribution in [3.8, 4) is 0 Å². The van der Waals surface area contributed by atoms with Crippen LogP contribution in [-0.2, 0) is 9.47 Å². The van der Waals surface area contributed by atoms with Gasteiger partial charge < -0.3 is 14.8 Å². The van der Waals surface area contributed by atoms with E-state index in [0.717, 1.165) is 30.7 Å². The van der Waals surface area contributed by atoms with Crippen molar-refractivity contribution in [2.24, 2.45) is 4.99 Å². The Morgan fingerprint density at radius 1 is 1.20 bits per heavy atom. The van der Waals surface area contributed by atoms with Crippen molar-refractivity contribution in [3.05, 3.63) is 64.2 Å². The van der Waals surface area contributed by atoms with Crippen LogP contribution < -0.4 is 10.6 Å². The number of carbonyl (C=O) groups excluding carboxylic acids is 2. The highest BCUT2D eigenvalue weighted by Gasteiger charge is 2.17. The first kappa shape index (κ1) is 21.8. The third-order valence-corrected chi connectivity index (χ3v) is 4.95. The molecule has 0 radical (unpaired) electrons. The summed E-state index contributed by atoms with van der Waals surface area (Å²) >= 11 is 6.03. The number of hydrogen-bond donors (Lipinski definition) is 2. The minimum Gasteiger partial charge on any atom is -0.465 e. The van der Waals surface area contributed by atoms with Crippen LogP contribution in [0.5, 0.6) is 0 Å². The molecule has 1 amide bonds. The van der Waals surface area contributed by atoms with E-state index in [1.54, 1.807) is 30.3 Å². The summed E-state index contributed by atoms with van der Waals surface area (Å²) < 4.78 is 10.3. The molecule has 2 N–H and O–H groups in total. The van der Waals surface area contributed by atoms with Gasteiger partial charge in [0.2, 0.25) is 5.96 Å². The average Bonchev–Trinajstić information content (AvgIpc) is 3.27. The van der Waals surface area contributed by atoms with Gasteiger partial charge in [0.1, 0.15) is 0 Å². The maximum absolute atomic E-state index is 12.7. The van der Waals surface area contributed by atoms with Crippen LogP contribution in [0.25, 0.3) is 0 Å². The topological polar surface area (TPSA) is 89.0 Å². The molecular formula is C22H24ClN3O4. The SMILES string of the molecule is COC(=O)c1ccc(C(=O)NC(=NC[C@@H]2CCCO2)Nc2ccc(Cl)cc2C)cc1. The van der Waals surface area contributed by atoms with Gasteiger partial charge in [0, 0.05) is 22.9 Å². The summed E-state index contributed by atoms with van der Waals surface area (Å²) in [6, 6.07) is 11.6. The molecule has 1 fully saturated rings. The highest BCUT2D eigenvalue weighted by Crippen LogP contribution is 2.20. The van der Waals surface area contributed by atoms with Crippen LogP contribution in [0.1, 0.15) is 39.1 Å². The summed E-state index contributed by atoms with van der Waals surface area (Å²) in [5.74, 6) is -0.491. The Morgan fingerprint density at radius 2 is 1.93 bits per heavy atom. The van der Waals surface area contributed by atoms with Crippen molar-refractivity contribution >= 4 is 35.1 Å². The Morgan fingerprint density at radius 3 is 2.57 bits per heavy atom. The number of halogens is 1. The molecule has 1 saturated heterocycles. The molecule has 0 aromatic heterocycles. The maximum Gasteiger partial charge on any atom is 0.337 e. The van der Waals surface area contributed by atoms with Crippen LogP contribution in [0.3, 0.4) is 0 Å². The average molecular weight is 430 g/mol. The van der Waals surface area contributed by atoms with Crippen molar-refractivity contribution in [2.45, 2.75) is 25.9 Å². The molecular weight excluding hydrogens is 406 g/mol. The Kier molecular flexibility index (Phi) is 7.43. The fourth-order valence-corrected chi connectivity index (χ4v) is 3.27. The Balaban J connectivity index is 1.75. The number of rotatable bonds is 5. The van der Waals surface area contributed by atoms with Crippen LogP contribution in [-0.4, -0.2) is 44.2 Å². The van der Waals surface area contributed by atoms with E-state index in [2.05, 4.69) is 20.4 Å². The fourth-order valence-electron chi connectivity index (χ4n) is 3.04. The zero-order valence-corrected chi connectivity index (χ0v) is 17.7. The van der Waals surface area contributed by atoms with E-state index < -0.39 is 5.97 Å². The van der Waals surface area contributed by atoms with E-state index >= 15 is 0 Å². The smallest absolute Gasteiger partial charge is 0.337 e. The summed E-state index contributed by atoms with van der Waals surface area (Å²) in [7, 11) is 1.31. The molecule has 0 bridgehead atoms.